The van der Waals surface area contributed by atoms with E-state index in [1.54, 1.807) is 0 Å². The van der Waals surface area contributed by atoms with E-state index in [-0.39, 0.29) is 16.6 Å². The molecule has 3 aromatic carbocycles. The number of pyridine rings is 2. The Kier molecular flexibility index (Phi) is 7.16. The minimum Gasteiger partial charge on any atom is -0.507 e. The lowest BCUT2D eigenvalue weighted by molar-refractivity contribution is 0.446. The van der Waals surface area contributed by atoms with Gasteiger partial charge in [0.25, 0.3) is 0 Å². The number of hydrogen-bond acceptors (Lipinski definition) is 4. The van der Waals surface area contributed by atoms with Gasteiger partial charge in [-0.2, -0.15) is 0 Å². The summed E-state index contributed by atoms with van der Waals surface area (Å²) in [5, 5.41) is 11.6. The highest BCUT2D eigenvalue weighted by molar-refractivity contribution is 5.94. The molecule has 0 bridgehead atoms. The lowest BCUT2D eigenvalue weighted by Crippen LogP contribution is -2.17. The summed E-state index contributed by atoms with van der Waals surface area (Å²) in [4.78, 5) is 14.6. The summed E-state index contributed by atoms with van der Waals surface area (Å²) in [5.74, 6) is 0.995. The highest BCUT2D eigenvalue weighted by atomic mass is 16.3. The van der Waals surface area contributed by atoms with Gasteiger partial charge >= 0.3 is 0 Å². The van der Waals surface area contributed by atoms with Gasteiger partial charge in [-0.15, -0.1) is 0 Å². The summed E-state index contributed by atoms with van der Waals surface area (Å²) >= 11 is 0. The number of phenolic OH excluding ortho intramolecular Hbond substituents is 1. The molecule has 5 heteroatoms. The number of imidazole rings is 1. The van der Waals surface area contributed by atoms with E-state index in [1.807, 2.05) is 36.3 Å². The fraction of sp³-hybridized carbons (Fsp3) is 0.256. The van der Waals surface area contributed by atoms with Crippen LogP contribution in [0, 0.1) is 6.92 Å². The molecule has 0 fully saturated rings. The van der Waals surface area contributed by atoms with Crippen LogP contribution in [-0.2, 0) is 17.9 Å². The van der Waals surface area contributed by atoms with Gasteiger partial charge in [0.1, 0.15) is 17.1 Å². The van der Waals surface area contributed by atoms with Crippen LogP contribution in [-0.4, -0.2) is 24.6 Å². The number of phenols is 1. The van der Waals surface area contributed by atoms with Gasteiger partial charge in [0, 0.05) is 41.7 Å². The fourth-order valence-electron chi connectivity index (χ4n) is 5.84. The summed E-state index contributed by atoms with van der Waals surface area (Å²) in [6, 6.07) is 25.1. The predicted molar refractivity (Wildman–Crippen MR) is 182 cm³/mol. The molecule has 0 unspecified atom stereocenters. The Balaban J connectivity index is 1.47. The topological polar surface area (TPSA) is 63.8 Å². The van der Waals surface area contributed by atoms with Crippen LogP contribution in [0.15, 0.2) is 91.4 Å². The number of aryl methyl sites for hydroxylation is 2. The largest absolute Gasteiger partial charge is 0.507 e. The summed E-state index contributed by atoms with van der Waals surface area (Å²) in [5.41, 5.74) is 11.6. The second kappa shape index (κ2) is 10.7. The van der Waals surface area contributed by atoms with E-state index in [1.165, 1.54) is 5.56 Å². The molecule has 0 amide bonds. The first kappa shape index (κ1) is 29.3. The van der Waals surface area contributed by atoms with Gasteiger partial charge < -0.3 is 9.67 Å². The first-order valence-electron chi connectivity index (χ1n) is 15.1. The normalized spacial score (nSPS) is 12.2. The first-order chi connectivity index (χ1) is 20.8. The molecule has 5 nitrogen and oxygen atoms in total. The van der Waals surface area contributed by atoms with Crippen LogP contribution in [0.2, 0.25) is 0 Å². The minimum absolute atomic E-state index is 0.0914. The molecule has 0 spiro atoms. The SMILES string of the molecule is Cc1cc(-c2cccc(-c3cncc4c3nc(-c3cc(C(C)(C)C)cc(C(C)(C)C)c3O)n4C)c2)ncc1-c1ccccc1. The van der Waals surface area contributed by atoms with E-state index in [0.29, 0.717) is 5.82 Å². The van der Waals surface area contributed by atoms with Crippen LogP contribution in [0.25, 0.3) is 55.9 Å². The molecule has 0 saturated carbocycles. The molecule has 6 aromatic rings. The third-order valence-corrected chi connectivity index (χ3v) is 8.48. The van der Waals surface area contributed by atoms with Crippen LogP contribution < -0.4 is 0 Å². The van der Waals surface area contributed by atoms with Crippen molar-refractivity contribution in [2.75, 3.05) is 0 Å². The molecule has 1 N–H and O–H groups in total. The van der Waals surface area contributed by atoms with Gasteiger partial charge in [-0.3, -0.25) is 9.97 Å². The van der Waals surface area contributed by atoms with Crippen molar-refractivity contribution in [3.8, 4) is 50.6 Å². The predicted octanol–water partition coefficient (Wildman–Crippen LogP) is 9.64. The van der Waals surface area contributed by atoms with Crippen molar-refractivity contribution in [2.45, 2.75) is 59.3 Å². The highest BCUT2D eigenvalue weighted by Gasteiger charge is 2.27. The maximum Gasteiger partial charge on any atom is 0.144 e. The number of fused-ring (bicyclic) bond motifs is 1. The second-order valence-corrected chi connectivity index (χ2v) is 13.8. The Morgan fingerprint density at radius 1 is 0.682 bits per heavy atom. The average Bonchev–Trinajstić information content (AvgIpc) is 3.32. The van der Waals surface area contributed by atoms with E-state index < -0.39 is 0 Å². The second-order valence-electron chi connectivity index (χ2n) is 13.8. The number of benzene rings is 3. The molecule has 3 heterocycles. The van der Waals surface area contributed by atoms with Gasteiger partial charge in [0.05, 0.1) is 23.0 Å². The zero-order chi connectivity index (χ0) is 31.4. The van der Waals surface area contributed by atoms with E-state index >= 15 is 0 Å². The molecule has 0 radical (unpaired) electrons. The molecular weight excluding hydrogens is 540 g/mol. The standard InChI is InChI=1S/C39H40N4O/c1-24-17-33(41-22-30(24)25-13-10-9-11-14-25)27-16-12-15-26(18-27)31-21-40-23-34-35(31)42-37(43(34)8)29-19-28(38(2,3)4)20-32(36(29)44)39(5,6)7/h9-23,44H,1-8H3. The number of rotatable bonds is 4. The Morgan fingerprint density at radius 3 is 2.07 bits per heavy atom. The summed E-state index contributed by atoms with van der Waals surface area (Å²) in [6.45, 7) is 15.1. The van der Waals surface area contributed by atoms with Gasteiger partial charge in [-0.05, 0) is 58.2 Å². The Hall–Kier alpha value is -4.77. The van der Waals surface area contributed by atoms with Crippen molar-refractivity contribution in [3.05, 3.63) is 108 Å². The van der Waals surface area contributed by atoms with Crippen LogP contribution >= 0.6 is 0 Å². The van der Waals surface area contributed by atoms with E-state index in [2.05, 4.69) is 120 Å². The quantitative estimate of drug-likeness (QED) is 0.225. The molecule has 0 atom stereocenters. The maximum absolute atomic E-state index is 11.6. The average molecular weight is 581 g/mol. The fourth-order valence-corrected chi connectivity index (χ4v) is 5.84. The number of hydrogen-bond donors (Lipinski definition) is 1. The van der Waals surface area contributed by atoms with E-state index in [4.69, 9.17) is 9.97 Å². The van der Waals surface area contributed by atoms with Crippen molar-refractivity contribution in [1.82, 2.24) is 19.5 Å². The van der Waals surface area contributed by atoms with Crippen molar-refractivity contribution >= 4 is 11.0 Å². The van der Waals surface area contributed by atoms with Crippen LogP contribution in [0.3, 0.4) is 0 Å². The van der Waals surface area contributed by atoms with E-state index in [0.717, 1.165) is 61.2 Å². The summed E-state index contributed by atoms with van der Waals surface area (Å²) < 4.78 is 2.04. The first-order valence-corrected chi connectivity index (χ1v) is 15.1. The molecule has 0 aliphatic carbocycles. The van der Waals surface area contributed by atoms with Crippen LogP contribution in [0.4, 0.5) is 0 Å². The molecule has 0 saturated heterocycles. The summed E-state index contributed by atoms with van der Waals surface area (Å²) in [6.07, 6.45) is 5.69. The monoisotopic (exact) mass is 580 g/mol. The molecule has 0 aliphatic heterocycles. The Morgan fingerprint density at radius 2 is 1.39 bits per heavy atom. The van der Waals surface area contributed by atoms with Gasteiger partial charge in [0.15, 0.2) is 0 Å². The van der Waals surface area contributed by atoms with Crippen LogP contribution in [0.5, 0.6) is 5.75 Å². The molecule has 3 aromatic heterocycles. The van der Waals surface area contributed by atoms with Gasteiger partial charge in [0.2, 0.25) is 0 Å². The van der Waals surface area contributed by atoms with E-state index in [9.17, 15) is 5.11 Å². The highest BCUT2D eigenvalue weighted by Crippen LogP contribution is 2.43. The Labute approximate surface area is 260 Å². The smallest absolute Gasteiger partial charge is 0.144 e. The maximum atomic E-state index is 11.6. The molecule has 44 heavy (non-hydrogen) atoms. The molecule has 6 rings (SSSR count). The number of aromatic nitrogens is 4. The minimum atomic E-state index is -0.233. The third kappa shape index (κ3) is 5.28. The molecular formula is C39H40N4O. The molecule has 0 aliphatic rings. The van der Waals surface area contributed by atoms with Gasteiger partial charge in [-0.25, -0.2) is 4.98 Å². The molecule has 222 valence electrons. The van der Waals surface area contributed by atoms with Gasteiger partial charge in [-0.1, -0.05) is 96.1 Å². The van der Waals surface area contributed by atoms with Crippen molar-refractivity contribution in [1.29, 1.82) is 0 Å². The lowest BCUT2D eigenvalue weighted by Gasteiger charge is -2.27. The third-order valence-electron chi connectivity index (χ3n) is 8.48. The number of nitrogens with zero attached hydrogens (tertiary/aromatic N) is 4. The van der Waals surface area contributed by atoms with Crippen molar-refractivity contribution in [3.63, 3.8) is 0 Å². The zero-order valence-electron chi connectivity index (χ0n) is 26.9. The summed E-state index contributed by atoms with van der Waals surface area (Å²) in [7, 11) is 1.99. The number of aromatic hydroxyl groups is 1. The van der Waals surface area contributed by atoms with Crippen molar-refractivity contribution in [2.24, 2.45) is 7.05 Å². The van der Waals surface area contributed by atoms with Crippen molar-refractivity contribution < 1.29 is 5.11 Å². The Bertz CT molecular complexity index is 2010. The lowest BCUT2D eigenvalue weighted by atomic mass is 9.79. The van der Waals surface area contributed by atoms with Crippen LogP contribution in [0.1, 0.15) is 58.2 Å². The zero-order valence-corrected chi connectivity index (χ0v) is 26.9.